The Morgan fingerprint density at radius 1 is 1.17 bits per heavy atom. The third kappa shape index (κ3) is 2.34. The summed E-state index contributed by atoms with van der Waals surface area (Å²) < 4.78 is 13.5. The van der Waals surface area contributed by atoms with Crippen LogP contribution in [0.4, 0.5) is 0 Å². The largest absolute Gasteiger partial charge is 0.395 e. The topological polar surface area (TPSA) is 38.7 Å². The van der Waals surface area contributed by atoms with Gasteiger partial charge in [0.05, 0.1) is 18.8 Å². The van der Waals surface area contributed by atoms with Crippen molar-refractivity contribution in [3.63, 3.8) is 0 Å². The first kappa shape index (κ1) is 15.8. The molecule has 124 valence electrons. The van der Waals surface area contributed by atoms with E-state index in [-0.39, 0.29) is 24.2 Å². The number of aliphatic hydroxyl groups excluding tert-OH is 1. The van der Waals surface area contributed by atoms with Crippen LogP contribution in [0.2, 0.25) is 0 Å². The van der Waals surface area contributed by atoms with Gasteiger partial charge in [0.25, 0.3) is 0 Å². The van der Waals surface area contributed by atoms with Gasteiger partial charge in [-0.25, -0.2) is 0 Å². The Bertz CT molecular complexity index is 659. The standard InChI is InChI=1S/C19H23BrO3/c1-12-13(2)23-19(22-12)9-8-18(11-21)7-6-14-4-3-5-16(20)17(14)15(18)10-19/h3-5,10,12-13,21H,6-9,11H2,1-2H3. The number of rotatable bonds is 1. The molecule has 0 aromatic heterocycles. The number of ether oxygens (including phenoxy) is 2. The zero-order chi connectivity index (χ0) is 16.2. The van der Waals surface area contributed by atoms with Gasteiger partial charge in [-0.2, -0.15) is 0 Å². The van der Waals surface area contributed by atoms with E-state index in [0.29, 0.717) is 0 Å². The van der Waals surface area contributed by atoms with Crippen molar-refractivity contribution < 1.29 is 14.6 Å². The highest BCUT2D eigenvalue weighted by atomic mass is 79.9. The smallest absolute Gasteiger partial charge is 0.189 e. The predicted octanol–water partition coefficient (Wildman–Crippen LogP) is 4.07. The van der Waals surface area contributed by atoms with Crippen molar-refractivity contribution in [1.29, 1.82) is 0 Å². The van der Waals surface area contributed by atoms with Crippen LogP contribution in [0.3, 0.4) is 0 Å². The van der Waals surface area contributed by atoms with Crippen LogP contribution >= 0.6 is 15.9 Å². The SMILES string of the molecule is CC1OC2(C=C3c4c(Br)cccc4CCC3(CO)CC2)OC1C. The molecule has 3 aliphatic rings. The maximum absolute atomic E-state index is 10.2. The lowest BCUT2D eigenvalue weighted by Gasteiger charge is -2.46. The second kappa shape index (κ2) is 5.41. The summed E-state index contributed by atoms with van der Waals surface area (Å²) in [6.07, 6.45) is 6.05. The number of hydrogen-bond acceptors (Lipinski definition) is 3. The molecule has 1 N–H and O–H groups in total. The average molecular weight is 379 g/mol. The zero-order valence-corrected chi connectivity index (χ0v) is 15.2. The maximum atomic E-state index is 10.2. The van der Waals surface area contributed by atoms with Crippen molar-refractivity contribution in [2.45, 2.75) is 57.5 Å². The summed E-state index contributed by atoms with van der Waals surface area (Å²) in [5, 5.41) is 10.2. The Morgan fingerprint density at radius 3 is 2.61 bits per heavy atom. The Morgan fingerprint density at radius 2 is 1.91 bits per heavy atom. The van der Waals surface area contributed by atoms with Crippen molar-refractivity contribution in [2.75, 3.05) is 6.61 Å². The molecule has 1 spiro atoms. The van der Waals surface area contributed by atoms with Gasteiger partial charge in [-0.05, 0) is 62.0 Å². The molecule has 23 heavy (non-hydrogen) atoms. The monoisotopic (exact) mass is 378 g/mol. The average Bonchev–Trinajstić information content (AvgIpc) is 2.81. The fraction of sp³-hybridized carbons (Fsp3) is 0.579. The van der Waals surface area contributed by atoms with Crippen LogP contribution in [-0.2, 0) is 15.9 Å². The molecule has 0 bridgehead atoms. The number of fused-ring (bicyclic) bond motifs is 3. The molecule has 1 saturated heterocycles. The molecule has 1 aliphatic heterocycles. The van der Waals surface area contributed by atoms with Crippen molar-refractivity contribution >= 4 is 21.5 Å². The van der Waals surface area contributed by atoms with E-state index >= 15 is 0 Å². The molecule has 0 amide bonds. The minimum atomic E-state index is -0.628. The van der Waals surface area contributed by atoms with E-state index in [1.165, 1.54) is 16.7 Å². The summed E-state index contributed by atoms with van der Waals surface area (Å²) in [5.41, 5.74) is 3.60. The minimum Gasteiger partial charge on any atom is -0.395 e. The predicted molar refractivity (Wildman–Crippen MR) is 93.0 cm³/mol. The summed E-state index contributed by atoms with van der Waals surface area (Å²) >= 11 is 3.71. The second-order valence-electron chi connectivity index (χ2n) is 7.23. The number of aliphatic hydroxyl groups is 1. The normalized spacial score (nSPS) is 39.0. The molecule has 3 unspecified atom stereocenters. The van der Waals surface area contributed by atoms with E-state index < -0.39 is 5.79 Å². The third-order valence-electron chi connectivity index (χ3n) is 5.86. The molecule has 3 nitrogen and oxygen atoms in total. The van der Waals surface area contributed by atoms with Crippen LogP contribution < -0.4 is 0 Å². The van der Waals surface area contributed by atoms with E-state index in [4.69, 9.17) is 9.47 Å². The molecule has 1 aromatic rings. The second-order valence-corrected chi connectivity index (χ2v) is 8.08. The molecule has 1 fully saturated rings. The highest BCUT2D eigenvalue weighted by molar-refractivity contribution is 9.10. The van der Waals surface area contributed by atoms with E-state index in [2.05, 4.69) is 54.1 Å². The van der Waals surface area contributed by atoms with Crippen LogP contribution in [-0.4, -0.2) is 29.7 Å². The highest BCUT2D eigenvalue weighted by Gasteiger charge is 2.51. The first-order valence-corrected chi connectivity index (χ1v) is 9.26. The lowest BCUT2D eigenvalue weighted by molar-refractivity contribution is -0.148. The van der Waals surface area contributed by atoms with Gasteiger partial charge in [0.1, 0.15) is 0 Å². The van der Waals surface area contributed by atoms with E-state index in [1.54, 1.807) is 0 Å². The van der Waals surface area contributed by atoms with E-state index in [9.17, 15) is 5.11 Å². The first-order chi connectivity index (χ1) is 11.0. The van der Waals surface area contributed by atoms with Crippen molar-refractivity contribution in [3.8, 4) is 0 Å². The van der Waals surface area contributed by atoms with Gasteiger partial charge in [-0.15, -0.1) is 0 Å². The van der Waals surface area contributed by atoms with Gasteiger partial charge in [0.15, 0.2) is 5.79 Å². The number of halogens is 1. The summed E-state index contributed by atoms with van der Waals surface area (Å²) in [4.78, 5) is 0. The van der Waals surface area contributed by atoms with Gasteiger partial charge in [0.2, 0.25) is 0 Å². The molecular weight excluding hydrogens is 356 g/mol. The quantitative estimate of drug-likeness (QED) is 0.800. The van der Waals surface area contributed by atoms with Gasteiger partial charge < -0.3 is 14.6 Å². The molecule has 4 rings (SSSR count). The number of benzene rings is 1. The Labute approximate surface area is 145 Å². The highest BCUT2D eigenvalue weighted by Crippen LogP contribution is 2.55. The Balaban J connectivity index is 1.87. The number of hydrogen-bond donors (Lipinski definition) is 1. The van der Waals surface area contributed by atoms with Crippen LogP contribution in [0.15, 0.2) is 28.7 Å². The van der Waals surface area contributed by atoms with Crippen molar-refractivity contribution in [2.24, 2.45) is 5.41 Å². The van der Waals surface area contributed by atoms with E-state index in [1.807, 2.05) is 0 Å². The Kier molecular flexibility index (Phi) is 3.73. The van der Waals surface area contributed by atoms with Crippen LogP contribution in [0, 0.1) is 5.41 Å². The molecule has 2 aliphatic carbocycles. The lowest BCUT2D eigenvalue weighted by atomic mass is 9.62. The lowest BCUT2D eigenvalue weighted by Crippen LogP contribution is -2.42. The van der Waals surface area contributed by atoms with Crippen LogP contribution in [0.25, 0.3) is 5.57 Å². The van der Waals surface area contributed by atoms with Gasteiger partial charge in [0, 0.05) is 16.3 Å². The Hall–Kier alpha value is -0.680. The summed E-state index contributed by atoms with van der Waals surface area (Å²) in [7, 11) is 0. The molecule has 0 saturated carbocycles. The summed E-state index contributed by atoms with van der Waals surface area (Å²) in [5.74, 6) is -0.628. The van der Waals surface area contributed by atoms with Gasteiger partial charge >= 0.3 is 0 Å². The third-order valence-corrected chi connectivity index (χ3v) is 6.53. The summed E-state index contributed by atoms with van der Waals surface area (Å²) in [6, 6.07) is 6.35. The maximum Gasteiger partial charge on any atom is 0.189 e. The van der Waals surface area contributed by atoms with E-state index in [0.717, 1.165) is 30.2 Å². The molecule has 4 heteroatoms. The molecule has 1 heterocycles. The fourth-order valence-corrected chi connectivity index (χ4v) is 4.94. The molecular formula is C19H23BrO3. The van der Waals surface area contributed by atoms with Gasteiger partial charge in [-0.3, -0.25) is 0 Å². The van der Waals surface area contributed by atoms with Crippen molar-refractivity contribution in [1.82, 2.24) is 0 Å². The zero-order valence-electron chi connectivity index (χ0n) is 13.6. The fourth-order valence-electron chi connectivity index (χ4n) is 4.32. The van der Waals surface area contributed by atoms with Crippen LogP contribution in [0.1, 0.15) is 44.2 Å². The first-order valence-electron chi connectivity index (χ1n) is 8.46. The van der Waals surface area contributed by atoms with Crippen LogP contribution in [0.5, 0.6) is 0 Å². The molecule has 1 aromatic carbocycles. The van der Waals surface area contributed by atoms with Gasteiger partial charge in [-0.1, -0.05) is 28.1 Å². The summed E-state index contributed by atoms with van der Waals surface area (Å²) in [6.45, 7) is 4.31. The minimum absolute atomic E-state index is 0.0933. The van der Waals surface area contributed by atoms with Crippen molar-refractivity contribution in [3.05, 3.63) is 39.9 Å². The molecule has 3 atom stereocenters. The number of aryl methyl sites for hydroxylation is 1. The molecule has 0 radical (unpaired) electrons.